The van der Waals surface area contributed by atoms with Crippen LogP contribution in [0.4, 0.5) is 10.5 Å². The topological polar surface area (TPSA) is 67.2 Å². The number of para-hydroxylation sites is 2. The first-order chi connectivity index (χ1) is 18.8. The summed E-state index contributed by atoms with van der Waals surface area (Å²) < 4.78 is 1.59. The van der Waals surface area contributed by atoms with Crippen LogP contribution in [0.15, 0.2) is 102 Å². The number of rotatable bonds is 6. The van der Waals surface area contributed by atoms with Gasteiger partial charge in [-0.05, 0) is 67.8 Å². The summed E-state index contributed by atoms with van der Waals surface area (Å²) in [5.41, 5.74) is 4.37. The highest BCUT2D eigenvalue weighted by molar-refractivity contribution is 6.31. The first-order valence-electron chi connectivity index (χ1n) is 12.8. The van der Waals surface area contributed by atoms with Crippen molar-refractivity contribution >= 4 is 34.2 Å². The molecule has 0 saturated carbocycles. The van der Waals surface area contributed by atoms with Crippen molar-refractivity contribution in [2.24, 2.45) is 0 Å². The second kappa shape index (κ2) is 11.1. The summed E-state index contributed by atoms with van der Waals surface area (Å²) in [6, 6.07) is 29.3. The van der Waals surface area contributed by atoms with Gasteiger partial charge in [-0.15, -0.1) is 0 Å². The van der Waals surface area contributed by atoms with Gasteiger partial charge in [0.1, 0.15) is 5.82 Å². The standard InChI is InChI=1S/C32H29ClN4O2/c1-21-12-7-9-17-27(21)35-32(39)36(20-24-13-5-4-6-14-24)23(3)30-34-28-18-10-8-15-25(28)31(38)37(30)29-19-11-16-26(33)22(29)2/h4-19,23H,20H2,1-3H3,(H,35,39). The van der Waals surface area contributed by atoms with Crippen molar-refractivity contribution in [3.8, 4) is 5.69 Å². The van der Waals surface area contributed by atoms with Gasteiger partial charge in [-0.2, -0.15) is 0 Å². The van der Waals surface area contributed by atoms with Crippen molar-refractivity contribution in [3.05, 3.63) is 135 Å². The van der Waals surface area contributed by atoms with Gasteiger partial charge < -0.3 is 10.2 Å². The Morgan fingerprint density at radius 3 is 2.38 bits per heavy atom. The van der Waals surface area contributed by atoms with Crippen molar-refractivity contribution in [1.29, 1.82) is 0 Å². The molecule has 4 aromatic carbocycles. The second-order valence-electron chi connectivity index (χ2n) is 9.55. The van der Waals surface area contributed by atoms with Gasteiger partial charge in [0.25, 0.3) is 5.56 Å². The molecule has 39 heavy (non-hydrogen) atoms. The largest absolute Gasteiger partial charge is 0.322 e. The molecular formula is C32H29ClN4O2. The van der Waals surface area contributed by atoms with Gasteiger partial charge in [0.05, 0.1) is 22.6 Å². The second-order valence-corrected chi connectivity index (χ2v) is 9.95. The number of hydrogen-bond acceptors (Lipinski definition) is 3. The average molecular weight is 537 g/mol. The van der Waals surface area contributed by atoms with Gasteiger partial charge in [-0.25, -0.2) is 9.78 Å². The fraction of sp³-hybridized carbons (Fsp3) is 0.156. The van der Waals surface area contributed by atoms with Crippen LogP contribution < -0.4 is 10.9 Å². The lowest BCUT2D eigenvalue weighted by Gasteiger charge is -2.31. The van der Waals surface area contributed by atoms with E-state index in [0.717, 1.165) is 22.4 Å². The average Bonchev–Trinajstić information content (AvgIpc) is 2.95. The third-order valence-corrected chi connectivity index (χ3v) is 7.38. The number of anilines is 1. The Hall–Kier alpha value is -4.42. The Morgan fingerprint density at radius 2 is 1.62 bits per heavy atom. The molecule has 0 aliphatic carbocycles. The first-order valence-corrected chi connectivity index (χ1v) is 13.2. The summed E-state index contributed by atoms with van der Waals surface area (Å²) >= 11 is 6.48. The molecule has 7 heteroatoms. The number of urea groups is 1. The minimum Gasteiger partial charge on any atom is -0.310 e. The van der Waals surface area contributed by atoms with E-state index < -0.39 is 6.04 Å². The van der Waals surface area contributed by atoms with Crippen molar-refractivity contribution in [1.82, 2.24) is 14.5 Å². The lowest BCUT2D eigenvalue weighted by molar-refractivity contribution is 0.185. The predicted molar refractivity (Wildman–Crippen MR) is 158 cm³/mol. The summed E-state index contributed by atoms with van der Waals surface area (Å²) in [5, 5.41) is 4.10. The summed E-state index contributed by atoms with van der Waals surface area (Å²) in [6.45, 7) is 6.04. The number of carbonyl (C=O) groups is 1. The van der Waals surface area contributed by atoms with Crippen LogP contribution in [-0.2, 0) is 6.54 Å². The van der Waals surface area contributed by atoms with E-state index in [-0.39, 0.29) is 11.6 Å². The Morgan fingerprint density at radius 1 is 0.923 bits per heavy atom. The molecule has 0 saturated heterocycles. The van der Waals surface area contributed by atoms with E-state index in [2.05, 4.69) is 5.32 Å². The number of carbonyl (C=O) groups excluding carboxylic acids is 1. The van der Waals surface area contributed by atoms with Crippen molar-refractivity contribution in [2.75, 3.05) is 5.32 Å². The Bertz CT molecular complexity index is 1720. The maximum Gasteiger partial charge on any atom is 0.322 e. The van der Waals surface area contributed by atoms with Gasteiger partial charge >= 0.3 is 6.03 Å². The van der Waals surface area contributed by atoms with E-state index in [1.54, 1.807) is 21.6 Å². The van der Waals surface area contributed by atoms with E-state index in [1.807, 2.05) is 106 Å². The smallest absolute Gasteiger partial charge is 0.310 e. The lowest BCUT2D eigenvalue weighted by atomic mass is 10.1. The maximum atomic E-state index is 14.0. The monoisotopic (exact) mass is 536 g/mol. The number of aryl methyl sites for hydroxylation is 1. The molecule has 2 amide bonds. The van der Waals surface area contributed by atoms with Crippen molar-refractivity contribution < 1.29 is 4.79 Å². The molecule has 0 aliphatic rings. The number of nitrogens with zero attached hydrogens (tertiary/aromatic N) is 3. The van der Waals surface area contributed by atoms with Crippen LogP contribution in [0, 0.1) is 13.8 Å². The zero-order valence-electron chi connectivity index (χ0n) is 22.1. The quantitative estimate of drug-likeness (QED) is 0.245. The number of halogens is 1. The van der Waals surface area contributed by atoms with E-state index in [0.29, 0.717) is 34.0 Å². The minimum absolute atomic E-state index is 0.216. The summed E-state index contributed by atoms with van der Waals surface area (Å²) in [6.07, 6.45) is 0. The number of hydrogen-bond donors (Lipinski definition) is 1. The first kappa shape index (κ1) is 26.2. The van der Waals surface area contributed by atoms with Gasteiger partial charge in [-0.3, -0.25) is 9.36 Å². The SMILES string of the molecule is Cc1ccccc1NC(=O)N(Cc1ccccc1)C(C)c1nc2ccccc2c(=O)n1-c1cccc(Cl)c1C. The molecule has 1 heterocycles. The Balaban J connectivity index is 1.68. The molecule has 5 aromatic rings. The van der Waals surface area contributed by atoms with Gasteiger partial charge in [-0.1, -0.05) is 78.3 Å². The van der Waals surface area contributed by atoms with Gasteiger partial charge in [0, 0.05) is 17.3 Å². The van der Waals surface area contributed by atoms with Crippen LogP contribution in [0.1, 0.15) is 35.5 Å². The third-order valence-electron chi connectivity index (χ3n) is 6.97. The van der Waals surface area contributed by atoms with Crippen LogP contribution in [0.5, 0.6) is 0 Å². The summed E-state index contributed by atoms with van der Waals surface area (Å²) in [4.78, 5) is 34.5. The molecule has 196 valence electrons. The zero-order valence-corrected chi connectivity index (χ0v) is 22.8. The highest BCUT2D eigenvalue weighted by Gasteiger charge is 2.28. The van der Waals surface area contributed by atoms with Crippen LogP contribution in [0.2, 0.25) is 5.02 Å². The molecule has 1 aromatic heterocycles. The number of amides is 2. The van der Waals surface area contributed by atoms with E-state index in [1.165, 1.54) is 0 Å². The lowest BCUT2D eigenvalue weighted by Crippen LogP contribution is -2.39. The van der Waals surface area contributed by atoms with E-state index >= 15 is 0 Å². The maximum absolute atomic E-state index is 14.0. The fourth-order valence-corrected chi connectivity index (χ4v) is 4.88. The molecule has 0 bridgehead atoms. The Kier molecular flexibility index (Phi) is 7.48. The molecule has 0 fully saturated rings. The third kappa shape index (κ3) is 5.29. The number of nitrogens with one attached hydrogen (secondary N) is 1. The molecule has 1 atom stereocenters. The highest BCUT2D eigenvalue weighted by atomic mass is 35.5. The van der Waals surface area contributed by atoms with Crippen LogP contribution in [-0.4, -0.2) is 20.5 Å². The number of aromatic nitrogens is 2. The number of fused-ring (bicyclic) bond motifs is 1. The molecule has 0 radical (unpaired) electrons. The van der Waals surface area contributed by atoms with Crippen molar-refractivity contribution in [3.63, 3.8) is 0 Å². The normalized spacial score (nSPS) is 11.8. The van der Waals surface area contributed by atoms with Crippen molar-refractivity contribution in [2.45, 2.75) is 33.4 Å². The van der Waals surface area contributed by atoms with E-state index in [4.69, 9.17) is 16.6 Å². The van der Waals surface area contributed by atoms with Crippen LogP contribution >= 0.6 is 11.6 Å². The molecule has 5 rings (SSSR count). The molecule has 6 nitrogen and oxygen atoms in total. The van der Waals surface area contributed by atoms with E-state index in [9.17, 15) is 9.59 Å². The van der Waals surface area contributed by atoms with Gasteiger partial charge in [0.15, 0.2) is 0 Å². The molecule has 0 spiro atoms. The minimum atomic E-state index is -0.579. The summed E-state index contributed by atoms with van der Waals surface area (Å²) in [7, 11) is 0. The van der Waals surface area contributed by atoms with Crippen LogP contribution in [0.25, 0.3) is 16.6 Å². The molecular weight excluding hydrogens is 508 g/mol. The molecule has 0 aliphatic heterocycles. The zero-order chi connectivity index (χ0) is 27.5. The number of benzene rings is 4. The predicted octanol–water partition coefficient (Wildman–Crippen LogP) is 7.45. The summed E-state index contributed by atoms with van der Waals surface area (Å²) in [5.74, 6) is 0.444. The molecule has 1 N–H and O–H groups in total. The fourth-order valence-electron chi connectivity index (χ4n) is 4.71. The van der Waals surface area contributed by atoms with Gasteiger partial charge in [0.2, 0.25) is 0 Å². The highest BCUT2D eigenvalue weighted by Crippen LogP contribution is 2.29. The Labute approximate surface area is 232 Å². The molecule has 1 unspecified atom stereocenters. The van der Waals surface area contributed by atoms with Crippen LogP contribution in [0.3, 0.4) is 0 Å².